The van der Waals surface area contributed by atoms with Gasteiger partial charge >= 0.3 is 0 Å². The first-order valence-corrected chi connectivity index (χ1v) is 7.22. The van der Waals surface area contributed by atoms with E-state index < -0.39 is 5.91 Å². The summed E-state index contributed by atoms with van der Waals surface area (Å²) in [6.45, 7) is 0. The number of phenols is 1. The Morgan fingerprint density at radius 1 is 1.14 bits per heavy atom. The van der Waals surface area contributed by atoms with Crippen LogP contribution in [0.5, 0.6) is 5.75 Å². The maximum atomic E-state index is 12.4. The number of benzene rings is 1. The molecule has 22 heavy (non-hydrogen) atoms. The molecule has 3 amide bonds. The highest BCUT2D eigenvalue weighted by Crippen LogP contribution is 2.52. The van der Waals surface area contributed by atoms with Gasteiger partial charge in [0.25, 0.3) is 17.7 Å². The van der Waals surface area contributed by atoms with Gasteiger partial charge in [-0.2, -0.15) is 5.01 Å². The van der Waals surface area contributed by atoms with E-state index in [-0.39, 0.29) is 46.8 Å². The highest BCUT2D eigenvalue weighted by Gasteiger charge is 2.59. The van der Waals surface area contributed by atoms with Gasteiger partial charge in [-0.15, -0.1) is 0 Å². The molecule has 0 spiro atoms. The molecule has 6 heteroatoms. The average molecular weight is 298 g/mol. The van der Waals surface area contributed by atoms with Crippen molar-refractivity contribution in [3.8, 4) is 5.75 Å². The minimum atomic E-state index is -0.585. The Bertz CT molecular complexity index is 697. The van der Waals surface area contributed by atoms with Crippen molar-refractivity contribution in [2.45, 2.75) is 6.42 Å². The van der Waals surface area contributed by atoms with Crippen molar-refractivity contribution in [2.24, 2.45) is 23.7 Å². The van der Waals surface area contributed by atoms with Gasteiger partial charge in [0.2, 0.25) is 0 Å². The quantitative estimate of drug-likeness (QED) is 0.626. The normalized spacial score (nSPS) is 31.7. The van der Waals surface area contributed by atoms with E-state index in [4.69, 9.17) is 0 Å². The van der Waals surface area contributed by atoms with Crippen LogP contribution in [-0.4, -0.2) is 27.8 Å². The van der Waals surface area contributed by atoms with Gasteiger partial charge < -0.3 is 5.11 Å². The molecule has 0 radical (unpaired) electrons. The number of hydrazine groups is 1. The second kappa shape index (κ2) is 4.43. The molecular formula is C16H14N2O4. The maximum Gasteiger partial charge on any atom is 0.270 e. The third kappa shape index (κ3) is 1.70. The molecule has 1 heterocycles. The third-order valence-electron chi connectivity index (χ3n) is 4.79. The highest BCUT2D eigenvalue weighted by atomic mass is 16.3. The number of carbonyl (C=O) groups excluding carboxylic acids is 3. The fraction of sp³-hybridized carbons (Fsp3) is 0.312. The molecule has 1 aromatic rings. The summed E-state index contributed by atoms with van der Waals surface area (Å²) in [7, 11) is 0. The summed E-state index contributed by atoms with van der Waals surface area (Å²) >= 11 is 0. The lowest BCUT2D eigenvalue weighted by Gasteiger charge is -2.18. The average Bonchev–Trinajstić information content (AvgIpc) is 3.17. The lowest BCUT2D eigenvalue weighted by Crippen LogP contribution is -2.47. The number of phenolic OH excluding ortho intramolecular Hbond substituents is 1. The number of amides is 3. The number of nitrogens with zero attached hydrogens (tertiary/aromatic N) is 1. The smallest absolute Gasteiger partial charge is 0.270 e. The van der Waals surface area contributed by atoms with Crippen LogP contribution < -0.4 is 5.43 Å². The molecule has 1 aromatic carbocycles. The Labute approximate surface area is 126 Å². The van der Waals surface area contributed by atoms with Gasteiger partial charge in [-0.05, 0) is 36.5 Å². The molecule has 112 valence electrons. The topological polar surface area (TPSA) is 86.7 Å². The molecule has 4 rings (SSSR count). The van der Waals surface area contributed by atoms with Crippen LogP contribution in [-0.2, 0) is 9.59 Å². The highest BCUT2D eigenvalue weighted by molar-refractivity contribution is 6.08. The Balaban J connectivity index is 1.56. The molecule has 1 aliphatic heterocycles. The molecule has 2 bridgehead atoms. The Morgan fingerprint density at radius 3 is 2.36 bits per heavy atom. The fourth-order valence-corrected chi connectivity index (χ4v) is 3.83. The number of rotatable bonds is 2. The number of fused-ring (bicyclic) bond motifs is 5. The SMILES string of the molecule is O=C(NN1C(=O)[C@@H]2[C@H](C1=O)[C@@H]1C=C[C@H]2C1)c1cccc(O)c1. The summed E-state index contributed by atoms with van der Waals surface area (Å²) in [5.74, 6) is -1.77. The number of hydrogen-bond acceptors (Lipinski definition) is 4. The van der Waals surface area contributed by atoms with Crippen molar-refractivity contribution >= 4 is 17.7 Å². The summed E-state index contributed by atoms with van der Waals surface area (Å²) in [6, 6.07) is 5.76. The first kappa shape index (κ1) is 13.1. The van der Waals surface area contributed by atoms with E-state index in [1.807, 2.05) is 12.2 Å². The van der Waals surface area contributed by atoms with Crippen molar-refractivity contribution in [1.82, 2.24) is 10.4 Å². The lowest BCUT2D eigenvalue weighted by molar-refractivity contribution is -0.143. The van der Waals surface area contributed by atoms with Gasteiger partial charge in [-0.25, -0.2) is 0 Å². The molecule has 2 fully saturated rings. The van der Waals surface area contributed by atoms with Crippen LogP contribution in [0.4, 0.5) is 0 Å². The van der Waals surface area contributed by atoms with E-state index in [1.165, 1.54) is 24.3 Å². The minimum Gasteiger partial charge on any atom is -0.508 e. The van der Waals surface area contributed by atoms with Crippen LogP contribution in [0.3, 0.4) is 0 Å². The fourth-order valence-electron chi connectivity index (χ4n) is 3.83. The van der Waals surface area contributed by atoms with Crippen LogP contribution in [0.25, 0.3) is 0 Å². The van der Waals surface area contributed by atoms with Gasteiger partial charge in [0.05, 0.1) is 11.8 Å². The third-order valence-corrected chi connectivity index (χ3v) is 4.79. The molecular weight excluding hydrogens is 284 g/mol. The number of hydrogen-bond donors (Lipinski definition) is 2. The van der Waals surface area contributed by atoms with Crippen molar-refractivity contribution in [2.75, 3.05) is 0 Å². The molecule has 1 saturated carbocycles. The van der Waals surface area contributed by atoms with Gasteiger partial charge in [-0.1, -0.05) is 18.2 Å². The standard InChI is InChI=1S/C16H14N2O4/c19-11-3-1-2-10(7-11)14(20)17-18-15(21)12-8-4-5-9(6-8)13(12)16(18)22/h1-5,7-9,12-13,19H,6H2,(H,17,20)/t8-,9+,12-,13+. The van der Waals surface area contributed by atoms with Crippen LogP contribution in [0.1, 0.15) is 16.8 Å². The molecule has 0 unspecified atom stereocenters. The predicted octanol–water partition coefficient (Wildman–Crippen LogP) is 0.844. The van der Waals surface area contributed by atoms with Crippen LogP contribution >= 0.6 is 0 Å². The molecule has 4 atom stereocenters. The van der Waals surface area contributed by atoms with Gasteiger partial charge in [0.1, 0.15) is 5.75 Å². The van der Waals surface area contributed by atoms with E-state index in [2.05, 4.69) is 5.43 Å². The zero-order valence-electron chi connectivity index (χ0n) is 11.6. The summed E-state index contributed by atoms with van der Waals surface area (Å²) in [5, 5.41) is 10.3. The zero-order chi connectivity index (χ0) is 15.4. The van der Waals surface area contributed by atoms with Crippen molar-refractivity contribution in [1.29, 1.82) is 0 Å². The number of allylic oxidation sites excluding steroid dienone is 2. The largest absolute Gasteiger partial charge is 0.508 e. The first-order valence-electron chi connectivity index (χ1n) is 7.22. The van der Waals surface area contributed by atoms with Crippen molar-refractivity contribution < 1.29 is 19.5 Å². The first-order chi connectivity index (χ1) is 10.6. The van der Waals surface area contributed by atoms with Crippen molar-refractivity contribution in [3.63, 3.8) is 0 Å². The van der Waals surface area contributed by atoms with Crippen LogP contribution in [0.15, 0.2) is 36.4 Å². The van der Waals surface area contributed by atoms with Crippen LogP contribution in [0, 0.1) is 23.7 Å². The molecule has 2 N–H and O–H groups in total. The van der Waals surface area contributed by atoms with E-state index in [9.17, 15) is 19.5 Å². The number of carbonyl (C=O) groups is 3. The lowest BCUT2D eigenvalue weighted by atomic mass is 9.85. The van der Waals surface area contributed by atoms with Crippen molar-refractivity contribution in [3.05, 3.63) is 42.0 Å². The summed E-state index contributed by atoms with van der Waals surface area (Å²) in [5.41, 5.74) is 2.57. The Kier molecular flexibility index (Phi) is 2.63. The minimum absolute atomic E-state index is 0.0501. The van der Waals surface area contributed by atoms with E-state index in [0.29, 0.717) is 0 Å². The second-order valence-corrected chi connectivity index (χ2v) is 6.00. The monoisotopic (exact) mass is 298 g/mol. The molecule has 2 aliphatic carbocycles. The van der Waals surface area contributed by atoms with E-state index >= 15 is 0 Å². The molecule has 3 aliphatic rings. The maximum absolute atomic E-state index is 12.4. The number of imide groups is 1. The van der Waals surface area contributed by atoms with E-state index in [0.717, 1.165) is 11.4 Å². The number of aromatic hydroxyl groups is 1. The van der Waals surface area contributed by atoms with Gasteiger partial charge in [-0.3, -0.25) is 19.8 Å². The molecule has 1 saturated heterocycles. The summed E-state index contributed by atoms with van der Waals surface area (Å²) in [6.07, 6.45) is 4.84. The van der Waals surface area contributed by atoms with Gasteiger partial charge in [0, 0.05) is 5.56 Å². The van der Waals surface area contributed by atoms with Crippen LogP contribution in [0.2, 0.25) is 0 Å². The Morgan fingerprint density at radius 2 is 1.77 bits per heavy atom. The molecule has 0 aromatic heterocycles. The summed E-state index contributed by atoms with van der Waals surface area (Å²) < 4.78 is 0. The molecule has 6 nitrogen and oxygen atoms in total. The number of nitrogens with one attached hydrogen (secondary N) is 1. The van der Waals surface area contributed by atoms with E-state index in [1.54, 1.807) is 0 Å². The summed E-state index contributed by atoms with van der Waals surface area (Å²) in [4.78, 5) is 37.0. The predicted molar refractivity (Wildman–Crippen MR) is 75.1 cm³/mol. The zero-order valence-corrected chi connectivity index (χ0v) is 11.6. The Hall–Kier alpha value is -2.63. The van der Waals surface area contributed by atoms with Gasteiger partial charge in [0.15, 0.2) is 0 Å². The second-order valence-electron chi connectivity index (χ2n) is 6.00.